The molecule has 30 heavy (non-hydrogen) atoms. The summed E-state index contributed by atoms with van der Waals surface area (Å²) < 4.78 is 36.5. The van der Waals surface area contributed by atoms with Gasteiger partial charge in [-0.2, -0.15) is 8.42 Å². The van der Waals surface area contributed by atoms with Crippen LogP contribution in [0.1, 0.15) is 13.8 Å². The molecule has 0 saturated carbocycles. The highest BCUT2D eigenvalue weighted by Gasteiger charge is 2.20. The smallest absolute Gasteiger partial charge is 0.270 e. The summed E-state index contributed by atoms with van der Waals surface area (Å²) in [4.78, 5) is 11.1. The zero-order valence-corrected chi connectivity index (χ0v) is 19.0. The van der Waals surface area contributed by atoms with Crippen molar-refractivity contribution in [3.05, 3.63) is 46.4 Å². The van der Waals surface area contributed by atoms with Gasteiger partial charge in [0.1, 0.15) is 11.9 Å². The molecule has 2 aromatic rings. The number of hydrogen-bond donors (Lipinski definition) is 4. The van der Waals surface area contributed by atoms with E-state index in [4.69, 9.17) is 44.7 Å². The fraction of sp³-hybridized carbons (Fsp3) is 0.222. The van der Waals surface area contributed by atoms with Crippen molar-refractivity contribution in [2.24, 2.45) is 0 Å². The Hall–Kier alpha value is -2.11. The van der Waals surface area contributed by atoms with Crippen molar-refractivity contribution < 1.29 is 22.5 Å². The predicted molar refractivity (Wildman–Crippen MR) is 124 cm³/mol. The lowest BCUT2D eigenvalue weighted by molar-refractivity contribution is -0.114. The number of amides is 1. The molecule has 162 valence electrons. The number of halogens is 2. The van der Waals surface area contributed by atoms with Gasteiger partial charge in [-0.3, -0.25) is 9.35 Å². The molecular weight excluding hydrogens is 473 g/mol. The molecule has 12 heteroatoms. The van der Waals surface area contributed by atoms with Crippen molar-refractivity contribution in [2.45, 2.75) is 19.1 Å². The van der Waals surface area contributed by atoms with Crippen molar-refractivity contribution in [2.75, 3.05) is 22.6 Å². The van der Waals surface area contributed by atoms with E-state index >= 15 is 0 Å². The lowest BCUT2D eigenvalue weighted by atomic mass is 10.2. The van der Waals surface area contributed by atoms with Gasteiger partial charge >= 0.3 is 0 Å². The minimum atomic E-state index is -4.23. The number of carbonyl (C=O) groups excluding carboxylic acids is 1. The van der Waals surface area contributed by atoms with E-state index in [1.807, 2.05) is 0 Å². The first-order valence-electron chi connectivity index (χ1n) is 8.49. The van der Waals surface area contributed by atoms with Crippen molar-refractivity contribution in [3.8, 4) is 5.75 Å². The first kappa shape index (κ1) is 24.2. The Bertz CT molecular complexity index is 1020. The van der Waals surface area contributed by atoms with Gasteiger partial charge in [-0.05, 0) is 55.5 Å². The van der Waals surface area contributed by atoms with Crippen molar-refractivity contribution in [1.29, 1.82) is 0 Å². The van der Waals surface area contributed by atoms with Gasteiger partial charge < -0.3 is 20.7 Å². The van der Waals surface area contributed by atoms with Crippen molar-refractivity contribution in [3.63, 3.8) is 0 Å². The number of nitrogens with one attached hydrogen (secondary N) is 3. The summed E-state index contributed by atoms with van der Waals surface area (Å²) in [7, 11) is -4.23. The Kier molecular flexibility index (Phi) is 8.27. The average Bonchev–Trinajstić information content (AvgIpc) is 2.61. The monoisotopic (exact) mass is 491 g/mol. The van der Waals surface area contributed by atoms with Crippen LogP contribution in [0.15, 0.2) is 36.4 Å². The molecule has 0 aliphatic heterocycles. The highest BCUT2D eigenvalue weighted by Crippen LogP contribution is 2.36. The second kappa shape index (κ2) is 10.3. The van der Waals surface area contributed by atoms with Crippen molar-refractivity contribution in [1.82, 2.24) is 0 Å². The lowest BCUT2D eigenvalue weighted by Gasteiger charge is -2.16. The third-order valence-corrected chi connectivity index (χ3v) is 5.61. The van der Waals surface area contributed by atoms with Crippen LogP contribution in [0.4, 0.5) is 17.1 Å². The highest BCUT2D eigenvalue weighted by atomic mass is 35.5. The molecule has 0 aliphatic carbocycles. The van der Waals surface area contributed by atoms with E-state index < -0.39 is 15.4 Å². The normalized spacial score (nSPS) is 12.0. The molecule has 0 saturated heterocycles. The topological polar surface area (TPSA) is 117 Å². The summed E-state index contributed by atoms with van der Waals surface area (Å²) >= 11 is 17.6. The molecule has 4 N–H and O–H groups in total. The molecule has 2 rings (SSSR count). The summed E-state index contributed by atoms with van der Waals surface area (Å²) in [6, 6.07) is 9.95. The van der Waals surface area contributed by atoms with E-state index in [1.54, 1.807) is 24.3 Å². The minimum absolute atomic E-state index is 0.0896. The molecule has 2 aromatic carbocycles. The number of benzene rings is 2. The number of carbonyl (C=O) groups is 1. The fourth-order valence-corrected chi connectivity index (χ4v) is 3.26. The first-order valence-corrected chi connectivity index (χ1v) is 11.2. The quantitative estimate of drug-likeness (QED) is 0.332. The summed E-state index contributed by atoms with van der Waals surface area (Å²) in [6.07, 6.45) is 0. The van der Waals surface area contributed by atoms with Crippen LogP contribution in [0.25, 0.3) is 0 Å². The molecule has 0 bridgehead atoms. The molecule has 1 unspecified atom stereocenters. The maximum Gasteiger partial charge on any atom is 0.270 e. The highest BCUT2D eigenvalue weighted by molar-refractivity contribution is 7.86. The number of rotatable bonds is 7. The lowest BCUT2D eigenvalue weighted by Crippen LogP contribution is -2.24. The molecule has 0 fully saturated rings. The Balaban J connectivity index is 2.01. The van der Waals surface area contributed by atoms with Crippen LogP contribution < -0.4 is 20.7 Å². The summed E-state index contributed by atoms with van der Waals surface area (Å²) in [6.45, 7) is 2.40. The van der Waals surface area contributed by atoms with Gasteiger partial charge in [0.05, 0.1) is 10.0 Å². The predicted octanol–water partition coefficient (Wildman–Crippen LogP) is 4.42. The Morgan fingerprint density at radius 3 is 2.00 bits per heavy atom. The van der Waals surface area contributed by atoms with Crippen LogP contribution in [-0.2, 0) is 14.9 Å². The number of anilines is 3. The summed E-state index contributed by atoms with van der Waals surface area (Å²) in [5, 5.41) is 7.96. The summed E-state index contributed by atoms with van der Waals surface area (Å²) in [5.74, 6) is -0.0756. The van der Waals surface area contributed by atoms with Gasteiger partial charge in [-0.15, -0.1) is 0 Å². The SMILES string of the molecule is CC(=O)Nc1ccc(NC(=S)Nc2cc(Cl)c(OCC(C)S(=O)(=O)O)c(Cl)c2)cc1. The second-order valence-electron chi connectivity index (χ2n) is 6.24. The van der Waals surface area contributed by atoms with Crippen molar-refractivity contribution >= 4 is 73.6 Å². The third kappa shape index (κ3) is 7.29. The second-order valence-corrected chi connectivity index (χ2v) is 9.30. The van der Waals surface area contributed by atoms with E-state index in [0.717, 1.165) is 0 Å². The van der Waals surface area contributed by atoms with E-state index in [0.29, 0.717) is 17.1 Å². The van der Waals surface area contributed by atoms with Gasteiger partial charge in [0.15, 0.2) is 10.9 Å². The third-order valence-electron chi connectivity index (χ3n) is 3.69. The molecule has 0 aliphatic rings. The van der Waals surface area contributed by atoms with Crippen LogP contribution in [0.5, 0.6) is 5.75 Å². The number of thiocarbonyl (C=S) groups is 1. The van der Waals surface area contributed by atoms with Gasteiger partial charge in [0.2, 0.25) is 5.91 Å². The summed E-state index contributed by atoms with van der Waals surface area (Å²) in [5.41, 5.74) is 1.83. The average molecular weight is 492 g/mol. The van der Waals surface area contributed by atoms with Gasteiger partial charge in [-0.25, -0.2) is 0 Å². The largest absolute Gasteiger partial charge is 0.489 e. The Labute approximate surface area is 189 Å². The molecule has 1 atom stereocenters. The number of ether oxygens (including phenoxy) is 1. The standard InChI is InChI=1S/C18H19Cl2N3O5S2/c1-10(30(25,26)27)9-28-17-15(19)7-14(8-16(17)20)23-18(29)22-13-5-3-12(4-6-13)21-11(2)24/h3-8,10H,9H2,1-2H3,(H,21,24)(H2,22,23,29)(H,25,26,27). The fourth-order valence-electron chi connectivity index (χ4n) is 2.19. The van der Waals surface area contributed by atoms with E-state index in [2.05, 4.69) is 16.0 Å². The number of hydrogen-bond acceptors (Lipinski definition) is 5. The van der Waals surface area contributed by atoms with Gasteiger partial charge in [-0.1, -0.05) is 23.2 Å². The van der Waals surface area contributed by atoms with Gasteiger partial charge in [0, 0.05) is 24.0 Å². The maximum atomic E-state index is 11.1. The molecule has 0 spiro atoms. The molecule has 0 radical (unpaired) electrons. The first-order chi connectivity index (χ1) is 14.0. The van der Waals surface area contributed by atoms with Gasteiger partial charge in [0.25, 0.3) is 10.1 Å². The van der Waals surface area contributed by atoms with E-state index in [9.17, 15) is 13.2 Å². The molecule has 8 nitrogen and oxygen atoms in total. The minimum Gasteiger partial charge on any atom is -0.489 e. The Morgan fingerprint density at radius 1 is 1.07 bits per heavy atom. The van der Waals surface area contributed by atoms with Crippen LogP contribution in [0.3, 0.4) is 0 Å². The van der Waals surface area contributed by atoms with Crippen LogP contribution in [0.2, 0.25) is 10.0 Å². The van der Waals surface area contributed by atoms with E-state index in [-0.39, 0.29) is 33.4 Å². The van der Waals surface area contributed by atoms with Crippen LogP contribution >= 0.6 is 35.4 Å². The molecule has 1 amide bonds. The molecule has 0 heterocycles. The maximum absolute atomic E-state index is 11.1. The van der Waals surface area contributed by atoms with Crippen LogP contribution in [-0.4, -0.2) is 35.8 Å². The van der Waals surface area contributed by atoms with E-state index in [1.165, 1.54) is 26.0 Å². The zero-order chi connectivity index (χ0) is 22.5. The molecular formula is C18H19Cl2N3O5S2. The zero-order valence-electron chi connectivity index (χ0n) is 15.9. The van der Waals surface area contributed by atoms with Crippen LogP contribution in [0, 0.1) is 0 Å². The molecule has 0 aromatic heterocycles. The Morgan fingerprint density at radius 2 is 1.53 bits per heavy atom.